The maximum absolute atomic E-state index is 11.1. The van der Waals surface area contributed by atoms with Gasteiger partial charge in [0, 0.05) is 18.1 Å². The van der Waals surface area contributed by atoms with Crippen LogP contribution in [-0.2, 0) is 14.3 Å². The molecule has 1 aromatic rings. The lowest BCUT2D eigenvalue weighted by Crippen LogP contribution is -2.20. The maximum atomic E-state index is 11.1. The van der Waals surface area contributed by atoms with Gasteiger partial charge >= 0.3 is 5.97 Å². The first-order chi connectivity index (χ1) is 9.15. The predicted molar refractivity (Wildman–Crippen MR) is 68.5 cm³/mol. The molecule has 0 amide bonds. The second kappa shape index (κ2) is 4.66. The van der Waals surface area contributed by atoms with E-state index in [-0.39, 0.29) is 18.1 Å². The molecule has 1 aromatic carbocycles. The van der Waals surface area contributed by atoms with Gasteiger partial charge in [0.2, 0.25) is 5.90 Å². The largest absolute Gasteiger partial charge is 0.469 e. The summed E-state index contributed by atoms with van der Waals surface area (Å²) in [4.78, 5) is 15.6. The molecular formula is C14H15NO4. The van der Waals surface area contributed by atoms with Crippen molar-refractivity contribution in [3.05, 3.63) is 29.3 Å². The molecule has 19 heavy (non-hydrogen) atoms. The summed E-state index contributed by atoms with van der Waals surface area (Å²) in [5.41, 5.74) is 1.73. The monoisotopic (exact) mass is 261 g/mol. The molecule has 3 rings (SSSR count). The highest BCUT2D eigenvalue weighted by atomic mass is 16.6. The zero-order chi connectivity index (χ0) is 13.4. The first kappa shape index (κ1) is 12.2. The molecule has 0 radical (unpaired) electrons. The van der Waals surface area contributed by atoms with E-state index in [0.29, 0.717) is 24.9 Å². The highest BCUT2D eigenvalue weighted by molar-refractivity contribution is 5.97. The van der Waals surface area contributed by atoms with Crippen LogP contribution in [-0.4, -0.2) is 37.2 Å². The molecule has 2 aliphatic heterocycles. The molecule has 5 nitrogen and oxygen atoms in total. The minimum Gasteiger partial charge on any atom is -0.469 e. The van der Waals surface area contributed by atoms with Crippen LogP contribution in [0.2, 0.25) is 0 Å². The van der Waals surface area contributed by atoms with Gasteiger partial charge in [-0.05, 0) is 19.1 Å². The van der Waals surface area contributed by atoms with E-state index in [2.05, 4.69) is 4.99 Å². The zero-order valence-electron chi connectivity index (χ0n) is 10.9. The van der Waals surface area contributed by atoms with Crippen LogP contribution >= 0.6 is 0 Å². The highest BCUT2D eigenvalue weighted by Gasteiger charge is 2.37. The SMILES string of the molecule is CC(=O)Oc1cccc(C2=N[C@H]3COC[C@H]3O2)c1C. The van der Waals surface area contributed by atoms with Crippen molar-refractivity contribution in [2.45, 2.75) is 26.0 Å². The van der Waals surface area contributed by atoms with Gasteiger partial charge in [-0.15, -0.1) is 0 Å². The second-order valence-electron chi connectivity index (χ2n) is 4.72. The molecule has 0 unspecified atom stereocenters. The minimum atomic E-state index is -0.334. The third kappa shape index (κ3) is 2.21. The average Bonchev–Trinajstić information content (AvgIpc) is 2.91. The van der Waals surface area contributed by atoms with Crippen LogP contribution in [0.15, 0.2) is 23.2 Å². The number of nitrogens with zero attached hydrogens (tertiary/aromatic N) is 1. The first-order valence-corrected chi connectivity index (χ1v) is 6.26. The van der Waals surface area contributed by atoms with E-state index >= 15 is 0 Å². The fourth-order valence-corrected chi connectivity index (χ4v) is 2.33. The number of fused-ring (bicyclic) bond motifs is 1. The topological polar surface area (TPSA) is 57.1 Å². The molecule has 0 spiro atoms. The lowest BCUT2D eigenvalue weighted by atomic mass is 10.1. The first-order valence-electron chi connectivity index (χ1n) is 6.26. The van der Waals surface area contributed by atoms with Crippen LogP contribution in [0, 0.1) is 6.92 Å². The Balaban J connectivity index is 1.91. The van der Waals surface area contributed by atoms with Gasteiger partial charge in [-0.25, -0.2) is 4.99 Å². The number of esters is 1. The molecule has 0 aromatic heterocycles. The van der Waals surface area contributed by atoms with Gasteiger partial charge in [-0.2, -0.15) is 0 Å². The molecule has 0 bridgehead atoms. The molecule has 2 atom stereocenters. The van der Waals surface area contributed by atoms with Gasteiger partial charge in [0.25, 0.3) is 0 Å². The highest BCUT2D eigenvalue weighted by Crippen LogP contribution is 2.28. The molecule has 0 saturated carbocycles. The summed E-state index contributed by atoms with van der Waals surface area (Å²) in [6.07, 6.45) is 0.0202. The number of rotatable bonds is 2. The van der Waals surface area contributed by atoms with Crippen molar-refractivity contribution in [3.8, 4) is 5.75 Å². The summed E-state index contributed by atoms with van der Waals surface area (Å²) in [5.74, 6) is 0.828. The summed E-state index contributed by atoms with van der Waals surface area (Å²) >= 11 is 0. The third-order valence-corrected chi connectivity index (χ3v) is 3.31. The van der Waals surface area contributed by atoms with Crippen LogP contribution in [0.25, 0.3) is 0 Å². The van der Waals surface area contributed by atoms with Gasteiger partial charge in [0.05, 0.1) is 13.2 Å². The summed E-state index contributed by atoms with van der Waals surface area (Å²) in [7, 11) is 0. The van der Waals surface area contributed by atoms with Crippen molar-refractivity contribution in [2.24, 2.45) is 4.99 Å². The number of hydrogen-bond acceptors (Lipinski definition) is 5. The minimum absolute atomic E-state index is 0.0202. The Kier molecular flexibility index (Phi) is 2.98. The van der Waals surface area contributed by atoms with Crippen molar-refractivity contribution in [1.82, 2.24) is 0 Å². The molecule has 100 valence electrons. The van der Waals surface area contributed by atoms with E-state index < -0.39 is 0 Å². The Morgan fingerprint density at radius 2 is 2.26 bits per heavy atom. The van der Waals surface area contributed by atoms with Gasteiger partial charge < -0.3 is 14.2 Å². The van der Waals surface area contributed by atoms with Crippen molar-refractivity contribution >= 4 is 11.9 Å². The van der Waals surface area contributed by atoms with Gasteiger partial charge in [-0.1, -0.05) is 6.07 Å². The van der Waals surface area contributed by atoms with Crippen molar-refractivity contribution in [3.63, 3.8) is 0 Å². The number of carbonyl (C=O) groups excluding carboxylic acids is 1. The molecule has 0 N–H and O–H groups in total. The second-order valence-corrected chi connectivity index (χ2v) is 4.72. The van der Waals surface area contributed by atoms with Crippen LogP contribution in [0.5, 0.6) is 5.75 Å². The molecule has 2 heterocycles. The Hall–Kier alpha value is -1.88. The predicted octanol–water partition coefficient (Wildman–Crippen LogP) is 1.46. The fraction of sp³-hybridized carbons (Fsp3) is 0.429. The quantitative estimate of drug-likeness (QED) is 0.597. The number of hydrogen-bond donors (Lipinski definition) is 0. The van der Waals surface area contributed by atoms with Crippen LogP contribution in [0.4, 0.5) is 0 Å². The Bertz CT molecular complexity index is 552. The van der Waals surface area contributed by atoms with Gasteiger partial charge in [0.1, 0.15) is 17.9 Å². The normalized spacial score (nSPS) is 24.6. The zero-order valence-corrected chi connectivity index (χ0v) is 10.9. The molecule has 1 fully saturated rings. The van der Waals surface area contributed by atoms with E-state index in [0.717, 1.165) is 11.1 Å². The van der Waals surface area contributed by atoms with E-state index in [9.17, 15) is 4.79 Å². The van der Waals surface area contributed by atoms with Gasteiger partial charge in [-0.3, -0.25) is 4.79 Å². The Morgan fingerprint density at radius 3 is 3.00 bits per heavy atom. The summed E-state index contributed by atoms with van der Waals surface area (Å²) in [6.45, 7) is 4.47. The van der Waals surface area contributed by atoms with E-state index in [1.165, 1.54) is 6.92 Å². The molecule has 5 heteroatoms. The number of aliphatic imine (C=N–C) groups is 1. The summed E-state index contributed by atoms with van der Waals surface area (Å²) in [5, 5.41) is 0. The lowest BCUT2D eigenvalue weighted by molar-refractivity contribution is -0.131. The van der Waals surface area contributed by atoms with E-state index in [1.807, 2.05) is 19.1 Å². The van der Waals surface area contributed by atoms with Crippen LogP contribution in [0.1, 0.15) is 18.1 Å². The van der Waals surface area contributed by atoms with Crippen molar-refractivity contribution in [1.29, 1.82) is 0 Å². The van der Waals surface area contributed by atoms with Crippen molar-refractivity contribution < 1.29 is 19.0 Å². The smallest absolute Gasteiger partial charge is 0.308 e. The van der Waals surface area contributed by atoms with Crippen LogP contribution in [0.3, 0.4) is 0 Å². The van der Waals surface area contributed by atoms with E-state index in [1.54, 1.807) is 6.07 Å². The Labute approximate surface area is 111 Å². The maximum Gasteiger partial charge on any atom is 0.308 e. The van der Waals surface area contributed by atoms with Gasteiger partial charge in [0.15, 0.2) is 0 Å². The van der Waals surface area contributed by atoms with Crippen LogP contribution < -0.4 is 4.74 Å². The molecule has 0 aliphatic carbocycles. The Morgan fingerprint density at radius 1 is 1.42 bits per heavy atom. The van der Waals surface area contributed by atoms with Crippen molar-refractivity contribution in [2.75, 3.05) is 13.2 Å². The number of benzene rings is 1. The summed E-state index contributed by atoms with van der Waals surface area (Å²) in [6, 6.07) is 5.60. The molecular weight excluding hydrogens is 246 g/mol. The fourth-order valence-electron chi connectivity index (χ4n) is 2.33. The third-order valence-electron chi connectivity index (χ3n) is 3.31. The standard InChI is InChI=1S/C14H15NO4/c1-8-10(4-3-5-12(8)18-9(2)16)14-15-11-6-17-7-13(11)19-14/h3-5,11,13H,6-7H2,1-2H3/t11-,13+/m0/s1. The lowest BCUT2D eigenvalue weighted by Gasteiger charge is -2.12. The summed E-state index contributed by atoms with van der Waals surface area (Å²) < 4.78 is 16.3. The molecule has 2 aliphatic rings. The molecule has 1 saturated heterocycles. The van der Waals surface area contributed by atoms with E-state index in [4.69, 9.17) is 14.2 Å². The average molecular weight is 261 g/mol. The number of ether oxygens (including phenoxy) is 3. The number of carbonyl (C=O) groups is 1.